The highest BCUT2D eigenvalue weighted by molar-refractivity contribution is 7.99. The number of aromatic nitrogens is 5. The van der Waals surface area contributed by atoms with Crippen LogP contribution >= 0.6 is 11.8 Å². The summed E-state index contributed by atoms with van der Waals surface area (Å²) in [6.45, 7) is 4.35. The van der Waals surface area contributed by atoms with Gasteiger partial charge in [0.15, 0.2) is 16.7 Å². The summed E-state index contributed by atoms with van der Waals surface area (Å²) < 4.78 is 7.13. The molecule has 2 aromatic heterocycles. The third-order valence-electron chi connectivity index (χ3n) is 3.33. The van der Waals surface area contributed by atoms with Crippen LogP contribution in [-0.2, 0) is 6.54 Å². The maximum atomic E-state index is 8.79. The zero-order chi connectivity index (χ0) is 17.6. The van der Waals surface area contributed by atoms with E-state index in [0.29, 0.717) is 16.7 Å². The molecule has 0 unspecified atom stereocenters. The molecule has 7 nitrogen and oxygen atoms in total. The number of methoxy groups -OCH3 is 1. The van der Waals surface area contributed by atoms with Gasteiger partial charge in [-0.2, -0.15) is 5.26 Å². The van der Waals surface area contributed by atoms with E-state index in [9.17, 15) is 0 Å². The molecule has 0 bridgehead atoms. The molecule has 0 radical (unpaired) electrons. The molecule has 124 valence electrons. The number of hydrogen-bond donors (Lipinski definition) is 0. The van der Waals surface area contributed by atoms with Crippen LogP contribution in [0.3, 0.4) is 0 Å². The van der Waals surface area contributed by atoms with Gasteiger partial charge in [0.05, 0.1) is 7.11 Å². The van der Waals surface area contributed by atoms with Crippen LogP contribution in [0.25, 0.3) is 11.4 Å². The molecular formula is C17H14N6OS. The van der Waals surface area contributed by atoms with E-state index in [1.807, 2.05) is 34.9 Å². The van der Waals surface area contributed by atoms with Gasteiger partial charge in [-0.3, -0.25) is 4.57 Å². The molecule has 0 aliphatic carbocycles. The fourth-order valence-corrected chi connectivity index (χ4v) is 2.90. The van der Waals surface area contributed by atoms with E-state index < -0.39 is 0 Å². The predicted molar refractivity (Wildman–Crippen MR) is 93.1 cm³/mol. The molecule has 0 aliphatic heterocycles. The quantitative estimate of drug-likeness (QED) is 0.631. The van der Waals surface area contributed by atoms with E-state index >= 15 is 0 Å². The molecule has 2 heterocycles. The Balaban J connectivity index is 1.92. The average molecular weight is 350 g/mol. The lowest BCUT2D eigenvalue weighted by Gasteiger charge is -2.08. The van der Waals surface area contributed by atoms with Gasteiger partial charge in [0.1, 0.15) is 16.8 Å². The Labute approximate surface area is 149 Å². The molecule has 3 aromatic rings. The topological polar surface area (TPSA) is 89.5 Å². The molecule has 0 N–H and O–H groups in total. The van der Waals surface area contributed by atoms with Crippen LogP contribution in [0.2, 0.25) is 0 Å². The molecule has 0 amide bonds. The smallest absolute Gasteiger partial charge is 0.198 e. The zero-order valence-electron chi connectivity index (χ0n) is 13.5. The summed E-state index contributed by atoms with van der Waals surface area (Å²) in [6, 6.07) is 12.9. The molecule has 3 rings (SSSR count). The first kappa shape index (κ1) is 16.7. The minimum atomic E-state index is 0.274. The van der Waals surface area contributed by atoms with Crippen LogP contribution < -0.4 is 4.74 Å². The molecule has 0 saturated carbocycles. The van der Waals surface area contributed by atoms with Crippen LogP contribution in [0.15, 0.2) is 59.2 Å². The Kier molecular flexibility index (Phi) is 5.06. The van der Waals surface area contributed by atoms with Gasteiger partial charge in [-0.25, -0.2) is 0 Å². The lowest BCUT2D eigenvalue weighted by atomic mass is 10.2. The lowest BCUT2D eigenvalue weighted by molar-refractivity contribution is 0.415. The summed E-state index contributed by atoms with van der Waals surface area (Å²) in [6.07, 6.45) is 1.78. The van der Waals surface area contributed by atoms with Crippen molar-refractivity contribution in [2.75, 3.05) is 7.11 Å². The van der Waals surface area contributed by atoms with E-state index in [4.69, 9.17) is 10.00 Å². The van der Waals surface area contributed by atoms with Crippen LogP contribution in [0, 0.1) is 11.3 Å². The maximum Gasteiger partial charge on any atom is 0.198 e. The highest BCUT2D eigenvalue weighted by Crippen LogP contribution is 2.29. The van der Waals surface area contributed by atoms with Gasteiger partial charge in [-0.15, -0.1) is 27.0 Å². The summed E-state index contributed by atoms with van der Waals surface area (Å²) in [5.74, 6) is 1.51. The SMILES string of the molecule is C=CCn1c(Sc2ccc(C#N)nn2)nnc1-c1ccc(OC)cc1. The van der Waals surface area contributed by atoms with E-state index in [-0.39, 0.29) is 5.69 Å². The number of hydrogen-bond acceptors (Lipinski definition) is 7. The van der Waals surface area contributed by atoms with E-state index in [0.717, 1.165) is 17.1 Å². The van der Waals surface area contributed by atoms with Crippen molar-refractivity contribution in [1.82, 2.24) is 25.0 Å². The summed E-state index contributed by atoms with van der Waals surface area (Å²) in [5.41, 5.74) is 1.20. The molecule has 1 aromatic carbocycles. The number of benzene rings is 1. The molecule has 0 aliphatic rings. The lowest BCUT2D eigenvalue weighted by Crippen LogP contribution is -2.01. The third-order valence-corrected chi connectivity index (χ3v) is 4.24. The molecule has 0 atom stereocenters. The number of allylic oxidation sites excluding steroid dienone is 1. The van der Waals surface area contributed by atoms with Gasteiger partial charge >= 0.3 is 0 Å². The Morgan fingerprint density at radius 1 is 1.16 bits per heavy atom. The third kappa shape index (κ3) is 3.67. The van der Waals surface area contributed by atoms with Crippen molar-refractivity contribution in [1.29, 1.82) is 5.26 Å². The summed E-state index contributed by atoms with van der Waals surface area (Å²) in [4.78, 5) is 0. The first-order valence-electron chi connectivity index (χ1n) is 7.35. The number of rotatable bonds is 6. The predicted octanol–water partition coefficient (Wildman–Crippen LogP) is 2.95. The van der Waals surface area contributed by atoms with Crippen LogP contribution in [0.5, 0.6) is 5.75 Å². The molecule has 25 heavy (non-hydrogen) atoms. The molecular weight excluding hydrogens is 336 g/mol. The fraction of sp³-hybridized carbons (Fsp3) is 0.118. The molecule has 0 fully saturated rings. The van der Waals surface area contributed by atoms with Crippen molar-refractivity contribution in [3.63, 3.8) is 0 Å². The first-order chi connectivity index (χ1) is 12.2. The minimum Gasteiger partial charge on any atom is -0.497 e. The van der Waals surface area contributed by atoms with Gasteiger partial charge in [0.2, 0.25) is 0 Å². The second-order valence-electron chi connectivity index (χ2n) is 4.90. The van der Waals surface area contributed by atoms with Crippen LogP contribution in [0.1, 0.15) is 5.69 Å². The monoisotopic (exact) mass is 350 g/mol. The Morgan fingerprint density at radius 2 is 1.96 bits per heavy atom. The summed E-state index contributed by atoms with van der Waals surface area (Å²) in [5, 5.41) is 26.5. The Bertz CT molecular complexity index is 912. The maximum absolute atomic E-state index is 8.79. The van der Waals surface area contributed by atoms with E-state index in [1.165, 1.54) is 11.8 Å². The van der Waals surface area contributed by atoms with Crippen molar-refractivity contribution < 1.29 is 4.74 Å². The van der Waals surface area contributed by atoms with Crippen molar-refractivity contribution in [2.45, 2.75) is 16.7 Å². The standard InChI is InChI=1S/C17H14N6OS/c1-3-10-23-16(12-4-7-14(24-2)8-5-12)21-22-17(23)25-15-9-6-13(11-18)19-20-15/h3-9H,1,10H2,2H3. The van der Waals surface area contributed by atoms with Crippen molar-refractivity contribution in [3.8, 4) is 23.2 Å². The molecule has 0 saturated heterocycles. The highest BCUT2D eigenvalue weighted by atomic mass is 32.2. The summed E-state index contributed by atoms with van der Waals surface area (Å²) in [7, 11) is 1.63. The van der Waals surface area contributed by atoms with Gasteiger partial charge < -0.3 is 4.74 Å². The largest absolute Gasteiger partial charge is 0.497 e. The fourth-order valence-electron chi connectivity index (χ4n) is 2.14. The van der Waals surface area contributed by atoms with Crippen molar-refractivity contribution in [2.24, 2.45) is 0 Å². The Morgan fingerprint density at radius 3 is 2.56 bits per heavy atom. The number of ether oxygens (including phenoxy) is 1. The normalized spacial score (nSPS) is 10.2. The van der Waals surface area contributed by atoms with Crippen LogP contribution in [-0.4, -0.2) is 32.1 Å². The van der Waals surface area contributed by atoms with Gasteiger partial charge in [0, 0.05) is 12.1 Å². The average Bonchev–Trinajstić information content (AvgIpc) is 3.05. The first-order valence-corrected chi connectivity index (χ1v) is 8.17. The number of nitriles is 1. The number of nitrogens with zero attached hydrogens (tertiary/aromatic N) is 6. The van der Waals surface area contributed by atoms with Gasteiger partial charge in [-0.1, -0.05) is 6.08 Å². The molecule has 8 heteroatoms. The van der Waals surface area contributed by atoms with Crippen molar-refractivity contribution >= 4 is 11.8 Å². The van der Waals surface area contributed by atoms with E-state index in [2.05, 4.69) is 27.0 Å². The van der Waals surface area contributed by atoms with Gasteiger partial charge in [-0.05, 0) is 48.2 Å². The van der Waals surface area contributed by atoms with Gasteiger partial charge in [0.25, 0.3) is 0 Å². The van der Waals surface area contributed by atoms with E-state index in [1.54, 1.807) is 25.3 Å². The zero-order valence-corrected chi connectivity index (χ0v) is 14.3. The highest BCUT2D eigenvalue weighted by Gasteiger charge is 2.15. The Hall–Kier alpha value is -3.18. The second-order valence-corrected chi connectivity index (χ2v) is 5.89. The van der Waals surface area contributed by atoms with Crippen molar-refractivity contribution in [3.05, 3.63) is 54.7 Å². The van der Waals surface area contributed by atoms with Crippen LogP contribution in [0.4, 0.5) is 0 Å². The summed E-state index contributed by atoms with van der Waals surface area (Å²) >= 11 is 1.33. The second kappa shape index (κ2) is 7.59. The minimum absolute atomic E-state index is 0.274. The molecule has 0 spiro atoms.